The van der Waals surface area contributed by atoms with Crippen LogP contribution in [-0.2, 0) is 0 Å². The molecule has 2 heterocycles. The van der Waals surface area contributed by atoms with Crippen LogP contribution < -0.4 is 11.5 Å². The Morgan fingerprint density at radius 2 is 2.11 bits per heavy atom. The number of carbonyl (C=O) groups is 1. The van der Waals surface area contributed by atoms with Gasteiger partial charge in [-0.25, -0.2) is 14.3 Å². The maximum absolute atomic E-state index is 11.9. The average molecular weight is 255 g/mol. The smallest absolute Gasteiger partial charge is 0.407 e. The zero-order valence-electron chi connectivity index (χ0n) is 9.74. The fourth-order valence-corrected chi connectivity index (χ4v) is 1.87. The van der Waals surface area contributed by atoms with Crippen molar-refractivity contribution in [1.82, 2.24) is 9.55 Å². The van der Waals surface area contributed by atoms with E-state index in [9.17, 15) is 9.59 Å². The SMILES string of the molecule is NC(=O)c1ccc2oc(=O)n(-c3ccccn3)c2c1. The first-order valence-electron chi connectivity index (χ1n) is 5.53. The van der Waals surface area contributed by atoms with Crippen LogP contribution in [0.4, 0.5) is 0 Å². The van der Waals surface area contributed by atoms with Gasteiger partial charge >= 0.3 is 5.76 Å². The van der Waals surface area contributed by atoms with Gasteiger partial charge in [0.15, 0.2) is 5.58 Å². The molecule has 0 radical (unpaired) electrons. The summed E-state index contributed by atoms with van der Waals surface area (Å²) in [5.41, 5.74) is 6.37. The number of amides is 1. The van der Waals surface area contributed by atoms with Crippen molar-refractivity contribution < 1.29 is 9.21 Å². The Bertz CT molecular complexity index is 818. The Morgan fingerprint density at radius 3 is 2.79 bits per heavy atom. The molecule has 19 heavy (non-hydrogen) atoms. The lowest BCUT2D eigenvalue weighted by atomic mass is 10.2. The molecule has 6 nitrogen and oxygen atoms in total. The highest BCUT2D eigenvalue weighted by molar-refractivity contribution is 5.96. The van der Waals surface area contributed by atoms with Crippen LogP contribution in [0.15, 0.2) is 51.8 Å². The monoisotopic (exact) mass is 255 g/mol. The molecule has 3 rings (SSSR count). The lowest BCUT2D eigenvalue weighted by Crippen LogP contribution is -2.14. The number of aromatic nitrogens is 2. The molecule has 94 valence electrons. The summed E-state index contributed by atoms with van der Waals surface area (Å²) in [4.78, 5) is 27.1. The third-order valence-electron chi connectivity index (χ3n) is 2.74. The highest BCUT2D eigenvalue weighted by Gasteiger charge is 2.13. The van der Waals surface area contributed by atoms with Crippen LogP contribution in [0.5, 0.6) is 0 Å². The molecule has 1 aromatic carbocycles. The minimum absolute atomic E-state index is 0.304. The Balaban J connectivity index is 2.35. The second-order valence-electron chi connectivity index (χ2n) is 3.94. The van der Waals surface area contributed by atoms with Crippen LogP contribution in [0.1, 0.15) is 10.4 Å². The Labute approximate surface area is 107 Å². The summed E-state index contributed by atoms with van der Waals surface area (Å²) >= 11 is 0. The van der Waals surface area contributed by atoms with Gasteiger partial charge in [-0.15, -0.1) is 0 Å². The summed E-state index contributed by atoms with van der Waals surface area (Å²) in [7, 11) is 0. The van der Waals surface area contributed by atoms with E-state index in [2.05, 4.69) is 4.98 Å². The summed E-state index contributed by atoms with van der Waals surface area (Å²) in [6.45, 7) is 0. The van der Waals surface area contributed by atoms with Gasteiger partial charge in [0, 0.05) is 11.8 Å². The van der Waals surface area contributed by atoms with Crippen molar-refractivity contribution in [2.45, 2.75) is 0 Å². The Hall–Kier alpha value is -2.89. The number of hydrogen-bond acceptors (Lipinski definition) is 4. The number of nitrogens with zero attached hydrogens (tertiary/aromatic N) is 2. The highest BCUT2D eigenvalue weighted by atomic mass is 16.4. The van der Waals surface area contributed by atoms with E-state index in [4.69, 9.17) is 10.2 Å². The first-order valence-corrected chi connectivity index (χ1v) is 5.53. The molecule has 2 N–H and O–H groups in total. The van der Waals surface area contributed by atoms with Gasteiger partial charge in [0.05, 0.1) is 5.52 Å². The number of nitrogens with two attached hydrogens (primary N) is 1. The number of benzene rings is 1. The molecule has 1 amide bonds. The normalized spacial score (nSPS) is 10.7. The van der Waals surface area contributed by atoms with Crippen molar-refractivity contribution in [2.75, 3.05) is 0 Å². The largest absolute Gasteiger partial charge is 0.425 e. The van der Waals surface area contributed by atoms with E-state index < -0.39 is 11.7 Å². The van der Waals surface area contributed by atoms with Crippen LogP contribution >= 0.6 is 0 Å². The van der Waals surface area contributed by atoms with Gasteiger partial charge in [-0.05, 0) is 30.3 Å². The molecule has 0 bridgehead atoms. The molecule has 0 saturated carbocycles. The van der Waals surface area contributed by atoms with Crippen LogP contribution in [-0.4, -0.2) is 15.5 Å². The topological polar surface area (TPSA) is 91.1 Å². The molecule has 0 fully saturated rings. The van der Waals surface area contributed by atoms with E-state index in [0.717, 1.165) is 0 Å². The molecule has 0 unspecified atom stereocenters. The molecule has 6 heteroatoms. The van der Waals surface area contributed by atoms with E-state index >= 15 is 0 Å². The fourth-order valence-electron chi connectivity index (χ4n) is 1.87. The van der Waals surface area contributed by atoms with Gasteiger partial charge in [0.1, 0.15) is 5.82 Å². The predicted octanol–water partition coefficient (Wildman–Crippen LogP) is 1.08. The minimum atomic E-state index is -0.567. The molecule has 0 spiro atoms. The maximum Gasteiger partial charge on any atom is 0.425 e. The van der Waals surface area contributed by atoms with Gasteiger partial charge < -0.3 is 10.2 Å². The summed E-state index contributed by atoms with van der Waals surface area (Å²) in [6.07, 6.45) is 1.57. The van der Waals surface area contributed by atoms with Crippen molar-refractivity contribution in [3.05, 3.63) is 58.7 Å². The van der Waals surface area contributed by atoms with Gasteiger partial charge in [-0.2, -0.15) is 0 Å². The third-order valence-corrected chi connectivity index (χ3v) is 2.74. The molecule has 3 aromatic rings. The minimum Gasteiger partial charge on any atom is -0.407 e. The van der Waals surface area contributed by atoms with Crippen molar-refractivity contribution in [3.63, 3.8) is 0 Å². The molecular weight excluding hydrogens is 246 g/mol. The van der Waals surface area contributed by atoms with Crippen molar-refractivity contribution >= 4 is 17.0 Å². The molecule has 0 saturated heterocycles. The predicted molar refractivity (Wildman–Crippen MR) is 68.1 cm³/mol. The quantitative estimate of drug-likeness (QED) is 0.741. The standard InChI is InChI=1S/C13H9N3O3/c14-12(17)8-4-5-10-9(7-8)16(13(18)19-10)11-3-1-2-6-15-11/h1-7H,(H2,14,17). The number of oxazole rings is 1. The molecule has 2 aromatic heterocycles. The van der Waals surface area contributed by atoms with E-state index in [1.165, 1.54) is 22.8 Å². The molecule has 0 aliphatic heterocycles. The first-order chi connectivity index (χ1) is 9.16. The van der Waals surface area contributed by atoms with E-state index in [-0.39, 0.29) is 0 Å². The Morgan fingerprint density at radius 1 is 1.26 bits per heavy atom. The zero-order chi connectivity index (χ0) is 13.4. The van der Waals surface area contributed by atoms with Crippen molar-refractivity contribution in [3.8, 4) is 5.82 Å². The van der Waals surface area contributed by atoms with E-state index in [0.29, 0.717) is 22.5 Å². The van der Waals surface area contributed by atoms with Crippen molar-refractivity contribution in [2.24, 2.45) is 5.73 Å². The van der Waals surface area contributed by atoms with Gasteiger partial charge in [0.25, 0.3) is 0 Å². The molecular formula is C13H9N3O3. The van der Waals surface area contributed by atoms with Gasteiger partial charge in [-0.1, -0.05) is 6.07 Å². The van der Waals surface area contributed by atoms with Crippen LogP contribution in [0.2, 0.25) is 0 Å². The van der Waals surface area contributed by atoms with Gasteiger partial charge in [-0.3, -0.25) is 4.79 Å². The summed E-state index contributed by atoms with van der Waals surface area (Å²) in [5, 5.41) is 0. The summed E-state index contributed by atoms with van der Waals surface area (Å²) in [5.74, 6) is -0.702. The number of rotatable bonds is 2. The number of fused-ring (bicyclic) bond motifs is 1. The van der Waals surface area contributed by atoms with E-state index in [1.54, 1.807) is 24.4 Å². The second kappa shape index (κ2) is 4.09. The number of carbonyl (C=O) groups excluding carboxylic acids is 1. The molecule has 0 atom stereocenters. The van der Waals surface area contributed by atoms with Crippen molar-refractivity contribution in [1.29, 1.82) is 0 Å². The lowest BCUT2D eigenvalue weighted by molar-refractivity contribution is 0.100. The molecule has 0 aliphatic carbocycles. The highest BCUT2D eigenvalue weighted by Crippen LogP contribution is 2.17. The lowest BCUT2D eigenvalue weighted by Gasteiger charge is -2.01. The maximum atomic E-state index is 11.9. The fraction of sp³-hybridized carbons (Fsp3) is 0. The zero-order valence-corrected chi connectivity index (χ0v) is 9.74. The second-order valence-corrected chi connectivity index (χ2v) is 3.94. The third kappa shape index (κ3) is 1.79. The summed E-state index contributed by atoms with van der Waals surface area (Å²) < 4.78 is 6.40. The first kappa shape index (κ1) is 11.2. The number of hydrogen-bond donors (Lipinski definition) is 1. The van der Waals surface area contributed by atoms with Crippen LogP contribution in [0, 0.1) is 0 Å². The number of primary amides is 1. The Kier molecular flexibility index (Phi) is 2.42. The van der Waals surface area contributed by atoms with E-state index in [1.807, 2.05) is 0 Å². The average Bonchev–Trinajstić information content (AvgIpc) is 2.74. The molecule has 0 aliphatic rings. The summed E-state index contributed by atoms with van der Waals surface area (Å²) in [6, 6.07) is 9.73. The number of pyridine rings is 1. The van der Waals surface area contributed by atoms with Crippen LogP contribution in [0.25, 0.3) is 16.9 Å². The van der Waals surface area contributed by atoms with Crippen LogP contribution in [0.3, 0.4) is 0 Å². The van der Waals surface area contributed by atoms with Gasteiger partial charge in [0.2, 0.25) is 5.91 Å².